The standard InChI is InChI=1S/C16H27N/c1-5-7-8-15(6-2)12-17-16-10-9-13(3)11-14(16)4/h9-11,15,17H,5-8,12H2,1-4H3. The average Bonchev–Trinajstić information content (AvgIpc) is 2.31. The minimum Gasteiger partial charge on any atom is -0.385 e. The molecule has 1 rings (SSSR count). The number of anilines is 1. The lowest BCUT2D eigenvalue weighted by molar-refractivity contribution is 0.472. The maximum absolute atomic E-state index is 3.60. The molecule has 17 heavy (non-hydrogen) atoms. The second kappa shape index (κ2) is 7.37. The molecule has 0 spiro atoms. The van der Waals surface area contributed by atoms with E-state index in [1.807, 2.05) is 0 Å². The Morgan fingerprint density at radius 2 is 1.94 bits per heavy atom. The van der Waals surface area contributed by atoms with E-state index in [1.165, 1.54) is 42.5 Å². The van der Waals surface area contributed by atoms with Crippen LogP contribution in [0.25, 0.3) is 0 Å². The third kappa shape index (κ3) is 4.80. The van der Waals surface area contributed by atoms with E-state index in [0.29, 0.717) is 0 Å². The number of unbranched alkanes of at least 4 members (excludes halogenated alkanes) is 1. The van der Waals surface area contributed by atoms with Gasteiger partial charge in [-0.1, -0.05) is 50.8 Å². The highest BCUT2D eigenvalue weighted by molar-refractivity contribution is 5.51. The molecule has 1 unspecified atom stereocenters. The van der Waals surface area contributed by atoms with Gasteiger partial charge in [0, 0.05) is 12.2 Å². The molecule has 0 radical (unpaired) electrons. The van der Waals surface area contributed by atoms with Crippen molar-refractivity contribution in [3.63, 3.8) is 0 Å². The van der Waals surface area contributed by atoms with Crippen molar-refractivity contribution in [1.82, 2.24) is 0 Å². The van der Waals surface area contributed by atoms with Gasteiger partial charge in [-0.15, -0.1) is 0 Å². The van der Waals surface area contributed by atoms with E-state index in [1.54, 1.807) is 0 Å². The van der Waals surface area contributed by atoms with Crippen molar-refractivity contribution in [3.05, 3.63) is 29.3 Å². The molecule has 1 nitrogen and oxygen atoms in total. The van der Waals surface area contributed by atoms with E-state index < -0.39 is 0 Å². The van der Waals surface area contributed by atoms with Crippen molar-refractivity contribution in [1.29, 1.82) is 0 Å². The van der Waals surface area contributed by atoms with E-state index in [9.17, 15) is 0 Å². The van der Waals surface area contributed by atoms with Crippen LogP contribution in [0.4, 0.5) is 5.69 Å². The molecule has 1 heteroatoms. The first-order valence-corrected chi connectivity index (χ1v) is 6.98. The SMILES string of the molecule is CCCCC(CC)CNc1ccc(C)cc1C. The van der Waals surface area contributed by atoms with Gasteiger partial charge < -0.3 is 5.32 Å². The molecule has 0 aliphatic carbocycles. The molecule has 0 fully saturated rings. The summed E-state index contributed by atoms with van der Waals surface area (Å²) in [6.45, 7) is 10.0. The fraction of sp³-hybridized carbons (Fsp3) is 0.625. The van der Waals surface area contributed by atoms with E-state index in [0.717, 1.165) is 12.5 Å². The van der Waals surface area contributed by atoms with Crippen LogP contribution in [0.15, 0.2) is 18.2 Å². The van der Waals surface area contributed by atoms with Crippen LogP contribution < -0.4 is 5.32 Å². The Kier molecular flexibility index (Phi) is 6.10. The first kappa shape index (κ1) is 14.1. The molecule has 0 saturated carbocycles. The van der Waals surface area contributed by atoms with Gasteiger partial charge in [-0.3, -0.25) is 0 Å². The lowest BCUT2D eigenvalue weighted by Crippen LogP contribution is -2.14. The molecule has 0 aromatic heterocycles. The Morgan fingerprint density at radius 1 is 1.18 bits per heavy atom. The summed E-state index contributed by atoms with van der Waals surface area (Å²) >= 11 is 0. The zero-order valence-electron chi connectivity index (χ0n) is 11.8. The van der Waals surface area contributed by atoms with Crippen molar-refractivity contribution in [3.8, 4) is 0 Å². The summed E-state index contributed by atoms with van der Waals surface area (Å²) in [7, 11) is 0. The second-order valence-corrected chi connectivity index (χ2v) is 5.12. The number of hydrogen-bond acceptors (Lipinski definition) is 1. The van der Waals surface area contributed by atoms with Crippen molar-refractivity contribution in [2.24, 2.45) is 5.92 Å². The fourth-order valence-corrected chi connectivity index (χ4v) is 2.21. The summed E-state index contributed by atoms with van der Waals surface area (Å²) < 4.78 is 0. The van der Waals surface area contributed by atoms with Gasteiger partial charge in [-0.25, -0.2) is 0 Å². The van der Waals surface area contributed by atoms with Crippen LogP contribution in [-0.4, -0.2) is 6.54 Å². The molecule has 0 aliphatic heterocycles. The van der Waals surface area contributed by atoms with Gasteiger partial charge in [-0.2, -0.15) is 0 Å². The average molecular weight is 233 g/mol. The molecule has 0 amide bonds. The zero-order valence-corrected chi connectivity index (χ0v) is 11.8. The maximum Gasteiger partial charge on any atom is 0.0370 e. The van der Waals surface area contributed by atoms with Crippen LogP contribution in [0.1, 0.15) is 50.7 Å². The summed E-state index contributed by atoms with van der Waals surface area (Å²) in [5.41, 5.74) is 3.99. The molecular weight excluding hydrogens is 206 g/mol. The van der Waals surface area contributed by atoms with Gasteiger partial charge in [0.05, 0.1) is 0 Å². The van der Waals surface area contributed by atoms with E-state index in [4.69, 9.17) is 0 Å². The highest BCUT2D eigenvalue weighted by Crippen LogP contribution is 2.18. The molecule has 1 aromatic carbocycles. The third-order valence-corrected chi connectivity index (χ3v) is 3.51. The summed E-state index contributed by atoms with van der Waals surface area (Å²) in [6.07, 6.45) is 5.29. The minimum absolute atomic E-state index is 0.815. The van der Waals surface area contributed by atoms with Crippen LogP contribution in [-0.2, 0) is 0 Å². The minimum atomic E-state index is 0.815. The van der Waals surface area contributed by atoms with Gasteiger partial charge in [0.2, 0.25) is 0 Å². The number of hydrogen-bond donors (Lipinski definition) is 1. The lowest BCUT2D eigenvalue weighted by atomic mass is 9.99. The number of benzene rings is 1. The maximum atomic E-state index is 3.60. The Balaban J connectivity index is 2.47. The van der Waals surface area contributed by atoms with Crippen LogP contribution in [0.5, 0.6) is 0 Å². The van der Waals surface area contributed by atoms with E-state index in [2.05, 4.69) is 51.2 Å². The summed E-state index contributed by atoms with van der Waals surface area (Å²) in [4.78, 5) is 0. The Bertz CT molecular complexity index is 330. The monoisotopic (exact) mass is 233 g/mol. The van der Waals surface area contributed by atoms with Crippen molar-refractivity contribution >= 4 is 5.69 Å². The van der Waals surface area contributed by atoms with Crippen molar-refractivity contribution < 1.29 is 0 Å². The van der Waals surface area contributed by atoms with Gasteiger partial charge in [0.15, 0.2) is 0 Å². The van der Waals surface area contributed by atoms with Gasteiger partial charge in [0.25, 0.3) is 0 Å². The summed E-state index contributed by atoms with van der Waals surface area (Å²) in [5, 5.41) is 3.60. The van der Waals surface area contributed by atoms with Gasteiger partial charge in [-0.05, 0) is 37.8 Å². The summed E-state index contributed by atoms with van der Waals surface area (Å²) in [6, 6.07) is 6.63. The molecule has 0 aliphatic rings. The topological polar surface area (TPSA) is 12.0 Å². The second-order valence-electron chi connectivity index (χ2n) is 5.12. The van der Waals surface area contributed by atoms with Crippen LogP contribution in [0.2, 0.25) is 0 Å². The molecule has 1 aromatic rings. The zero-order chi connectivity index (χ0) is 12.7. The molecule has 96 valence electrons. The number of rotatable bonds is 7. The molecule has 1 atom stereocenters. The highest BCUT2D eigenvalue weighted by Gasteiger charge is 2.06. The quantitative estimate of drug-likeness (QED) is 0.704. The predicted octanol–water partition coefficient (Wildman–Crippen LogP) is 4.93. The summed E-state index contributed by atoms with van der Waals surface area (Å²) in [5.74, 6) is 0.815. The lowest BCUT2D eigenvalue weighted by Gasteiger charge is -2.17. The predicted molar refractivity (Wildman–Crippen MR) is 77.7 cm³/mol. The first-order chi connectivity index (χ1) is 8.17. The molecular formula is C16H27N. The van der Waals surface area contributed by atoms with Gasteiger partial charge >= 0.3 is 0 Å². The normalized spacial score (nSPS) is 12.5. The smallest absolute Gasteiger partial charge is 0.0370 e. The Morgan fingerprint density at radius 3 is 2.53 bits per heavy atom. The van der Waals surface area contributed by atoms with Crippen molar-refractivity contribution in [2.45, 2.75) is 53.4 Å². The molecule has 0 saturated heterocycles. The van der Waals surface area contributed by atoms with E-state index in [-0.39, 0.29) is 0 Å². The van der Waals surface area contributed by atoms with Crippen LogP contribution in [0.3, 0.4) is 0 Å². The van der Waals surface area contributed by atoms with Gasteiger partial charge in [0.1, 0.15) is 0 Å². The Hall–Kier alpha value is -0.980. The van der Waals surface area contributed by atoms with Crippen molar-refractivity contribution in [2.75, 3.05) is 11.9 Å². The molecule has 1 N–H and O–H groups in total. The van der Waals surface area contributed by atoms with Crippen LogP contribution >= 0.6 is 0 Å². The molecule has 0 bridgehead atoms. The number of aryl methyl sites for hydroxylation is 2. The van der Waals surface area contributed by atoms with E-state index >= 15 is 0 Å². The molecule has 0 heterocycles. The number of nitrogens with one attached hydrogen (secondary N) is 1. The largest absolute Gasteiger partial charge is 0.385 e. The first-order valence-electron chi connectivity index (χ1n) is 6.98. The Labute approximate surface area is 107 Å². The van der Waals surface area contributed by atoms with Crippen LogP contribution in [0, 0.1) is 19.8 Å². The highest BCUT2D eigenvalue weighted by atomic mass is 14.9. The third-order valence-electron chi connectivity index (χ3n) is 3.51. The fourth-order valence-electron chi connectivity index (χ4n) is 2.21.